The van der Waals surface area contributed by atoms with E-state index in [0.717, 1.165) is 17.7 Å². The molecule has 0 aliphatic carbocycles. The molecule has 2 N–H and O–H groups in total. The number of sulfonamides is 1. The first-order valence-corrected chi connectivity index (χ1v) is 11.6. The number of hydrogen-bond acceptors (Lipinski definition) is 5. The average molecular weight is 443 g/mol. The Labute approximate surface area is 181 Å². The second-order valence-electron chi connectivity index (χ2n) is 8.07. The van der Waals surface area contributed by atoms with Gasteiger partial charge >= 0.3 is 0 Å². The number of H-pyrrole nitrogens is 1. The van der Waals surface area contributed by atoms with E-state index in [-0.39, 0.29) is 17.5 Å². The van der Waals surface area contributed by atoms with Crippen molar-refractivity contribution in [3.63, 3.8) is 0 Å². The highest BCUT2D eigenvalue weighted by Gasteiger charge is 2.42. The molecular weight excluding hydrogens is 416 g/mol. The molecule has 1 aliphatic heterocycles. The van der Waals surface area contributed by atoms with E-state index in [1.165, 1.54) is 16.8 Å². The van der Waals surface area contributed by atoms with Gasteiger partial charge in [0.15, 0.2) is 5.03 Å². The van der Waals surface area contributed by atoms with Crippen molar-refractivity contribution in [1.82, 2.24) is 29.4 Å². The van der Waals surface area contributed by atoms with Gasteiger partial charge in [-0.15, -0.1) is 0 Å². The lowest BCUT2D eigenvalue weighted by atomic mass is 9.74. The number of aryl methyl sites for hydroxylation is 2. The molecule has 164 valence electrons. The lowest BCUT2D eigenvalue weighted by molar-refractivity contribution is 0.0927. The van der Waals surface area contributed by atoms with E-state index in [9.17, 15) is 13.2 Å². The van der Waals surface area contributed by atoms with Crippen LogP contribution in [0.3, 0.4) is 0 Å². The smallest absolute Gasteiger partial charge is 0.269 e. The number of imidazole rings is 1. The topological polar surface area (TPSA) is 113 Å². The molecule has 3 aromatic rings. The quantitative estimate of drug-likeness (QED) is 0.602. The first kappa shape index (κ1) is 21.3. The molecular formula is C21H26N6O3S. The van der Waals surface area contributed by atoms with Gasteiger partial charge in [-0.25, -0.2) is 13.4 Å². The van der Waals surface area contributed by atoms with Gasteiger partial charge in [-0.2, -0.15) is 9.40 Å². The van der Waals surface area contributed by atoms with Crippen LogP contribution in [0.4, 0.5) is 0 Å². The second kappa shape index (κ2) is 8.27. The molecule has 1 aromatic carbocycles. The number of piperidine rings is 1. The number of benzene rings is 1. The number of rotatable bonds is 6. The van der Waals surface area contributed by atoms with Crippen molar-refractivity contribution in [2.24, 2.45) is 7.05 Å². The Balaban J connectivity index is 1.62. The average Bonchev–Trinajstić information content (AvgIpc) is 3.41. The third-order valence-electron chi connectivity index (χ3n) is 5.75. The third kappa shape index (κ3) is 4.26. The van der Waals surface area contributed by atoms with Crippen LogP contribution in [0.15, 0.2) is 53.9 Å². The van der Waals surface area contributed by atoms with E-state index in [0.29, 0.717) is 25.2 Å². The number of aromatic amines is 1. The molecule has 1 atom stereocenters. The lowest BCUT2D eigenvalue weighted by Gasteiger charge is -2.42. The van der Waals surface area contributed by atoms with Gasteiger partial charge in [0.05, 0.1) is 12.0 Å². The van der Waals surface area contributed by atoms with Crippen LogP contribution in [0.5, 0.6) is 0 Å². The number of carbonyl (C=O) groups is 1. The second-order valence-corrected chi connectivity index (χ2v) is 9.96. The van der Waals surface area contributed by atoms with E-state index in [1.807, 2.05) is 30.3 Å². The van der Waals surface area contributed by atoms with Crippen molar-refractivity contribution in [1.29, 1.82) is 0 Å². The molecule has 3 heterocycles. The van der Waals surface area contributed by atoms with Crippen molar-refractivity contribution >= 4 is 15.9 Å². The maximum atomic E-state index is 13.2. The highest BCUT2D eigenvalue weighted by atomic mass is 32.2. The van der Waals surface area contributed by atoms with E-state index in [4.69, 9.17) is 0 Å². The molecule has 0 radical (unpaired) electrons. The Hall–Kier alpha value is -2.98. The summed E-state index contributed by atoms with van der Waals surface area (Å²) < 4.78 is 29.6. The summed E-state index contributed by atoms with van der Waals surface area (Å²) in [5, 5.41) is 9.75. The van der Waals surface area contributed by atoms with Gasteiger partial charge < -0.3 is 9.88 Å². The Morgan fingerprint density at radius 1 is 1.29 bits per heavy atom. The monoisotopic (exact) mass is 442 g/mol. The molecule has 1 saturated heterocycles. The highest BCUT2D eigenvalue weighted by molar-refractivity contribution is 7.89. The Kier molecular flexibility index (Phi) is 5.67. The summed E-state index contributed by atoms with van der Waals surface area (Å²) in [6.07, 6.45) is 4.43. The van der Waals surface area contributed by atoms with Crippen molar-refractivity contribution in [3.8, 4) is 0 Å². The molecule has 1 aliphatic rings. The maximum Gasteiger partial charge on any atom is 0.269 e. The third-order valence-corrected chi connectivity index (χ3v) is 7.48. The molecule has 1 fully saturated rings. The van der Waals surface area contributed by atoms with Gasteiger partial charge in [-0.1, -0.05) is 30.3 Å². The fraction of sp³-hybridized carbons (Fsp3) is 0.381. The zero-order chi connectivity index (χ0) is 22.1. The van der Waals surface area contributed by atoms with Crippen LogP contribution in [0.1, 0.15) is 34.6 Å². The SMILES string of the molecule is Cc1cc(C(=O)NCC2(c3ccccc3)CCCN(S(=O)(=O)c3cn(C)cn3)C2)[nH]n1. The fourth-order valence-electron chi connectivity index (χ4n) is 4.11. The van der Waals surface area contributed by atoms with Crippen LogP contribution in [0.2, 0.25) is 0 Å². The van der Waals surface area contributed by atoms with Gasteiger partial charge in [0, 0.05) is 38.3 Å². The van der Waals surface area contributed by atoms with Crippen molar-refractivity contribution in [3.05, 3.63) is 65.9 Å². The molecule has 0 spiro atoms. The van der Waals surface area contributed by atoms with Crippen molar-refractivity contribution in [2.45, 2.75) is 30.2 Å². The van der Waals surface area contributed by atoms with Crippen LogP contribution < -0.4 is 5.32 Å². The summed E-state index contributed by atoms with van der Waals surface area (Å²) >= 11 is 0. The number of nitrogens with one attached hydrogen (secondary N) is 2. The summed E-state index contributed by atoms with van der Waals surface area (Å²) in [6, 6.07) is 11.5. The van der Waals surface area contributed by atoms with E-state index in [2.05, 4.69) is 20.5 Å². The van der Waals surface area contributed by atoms with E-state index in [1.54, 1.807) is 24.6 Å². The Morgan fingerprint density at radius 2 is 2.06 bits per heavy atom. The molecule has 0 bridgehead atoms. The molecule has 9 nitrogen and oxygen atoms in total. The van der Waals surface area contributed by atoms with Gasteiger partial charge in [-0.3, -0.25) is 9.89 Å². The van der Waals surface area contributed by atoms with Crippen LogP contribution in [-0.2, 0) is 22.5 Å². The summed E-state index contributed by atoms with van der Waals surface area (Å²) in [6.45, 7) is 2.79. The molecule has 1 amide bonds. The van der Waals surface area contributed by atoms with Crippen LogP contribution in [-0.4, -0.2) is 58.0 Å². The van der Waals surface area contributed by atoms with E-state index < -0.39 is 15.4 Å². The van der Waals surface area contributed by atoms with Gasteiger partial charge in [0.25, 0.3) is 15.9 Å². The van der Waals surface area contributed by atoms with Crippen molar-refractivity contribution in [2.75, 3.05) is 19.6 Å². The molecule has 10 heteroatoms. The zero-order valence-electron chi connectivity index (χ0n) is 17.6. The Morgan fingerprint density at radius 3 is 2.71 bits per heavy atom. The lowest BCUT2D eigenvalue weighted by Crippen LogP contribution is -2.53. The number of hydrogen-bond donors (Lipinski definition) is 2. The predicted molar refractivity (Wildman–Crippen MR) is 115 cm³/mol. The minimum Gasteiger partial charge on any atom is -0.350 e. The molecule has 2 aromatic heterocycles. The normalized spacial score (nSPS) is 19.9. The standard InChI is InChI=1S/C21H26N6O3S/c1-16-11-18(25-24-16)20(28)22-13-21(17-7-4-3-5-8-17)9-6-10-27(14-21)31(29,30)19-12-26(2)15-23-19/h3-5,7-8,11-12,15H,6,9-10,13-14H2,1-2H3,(H,22,28)(H,24,25). The predicted octanol–water partition coefficient (Wildman–Crippen LogP) is 1.60. The van der Waals surface area contributed by atoms with E-state index >= 15 is 0 Å². The first-order valence-electron chi connectivity index (χ1n) is 10.1. The van der Waals surface area contributed by atoms with Gasteiger partial charge in [0.2, 0.25) is 0 Å². The number of carbonyl (C=O) groups excluding carboxylic acids is 1. The van der Waals surface area contributed by atoms with Gasteiger partial charge in [0.1, 0.15) is 5.69 Å². The largest absolute Gasteiger partial charge is 0.350 e. The Bertz CT molecular complexity index is 1170. The van der Waals surface area contributed by atoms with Gasteiger partial charge in [-0.05, 0) is 31.4 Å². The molecule has 0 saturated carbocycles. The highest BCUT2D eigenvalue weighted by Crippen LogP contribution is 2.35. The number of amides is 1. The van der Waals surface area contributed by atoms with Crippen LogP contribution in [0, 0.1) is 6.92 Å². The fourth-order valence-corrected chi connectivity index (χ4v) is 5.64. The molecule has 1 unspecified atom stereocenters. The van der Waals surface area contributed by atoms with Crippen molar-refractivity contribution < 1.29 is 13.2 Å². The first-order chi connectivity index (χ1) is 14.8. The maximum absolute atomic E-state index is 13.2. The van der Waals surface area contributed by atoms with Crippen LogP contribution >= 0.6 is 0 Å². The molecule has 31 heavy (non-hydrogen) atoms. The number of aromatic nitrogens is 4. The summed E-state index contributed by atoms with van der Waals surface area (Å²) in [4.78, 5) is 16.7. The summed E-state index contributed by atoms with van der Waals surface area (Å²) in [5.41, 5.74) is 1.56. The minimum atomic E-state index is -3.74. The zero-order valence-corrected chi connectivity index (χ0v) is 18.4. The van der Waals surface area contributed by atoms with Crippen LogP contribution in [0.25, 0.3) is 0 Å². The minimum absolute atomic E-state index is 0.0378. The summed E-state index contributed by atoms with van der Waals surface area (Å²) in [5.74, 6) is -0.263. The number of nitrogens with zero attached hydrogens (tertiary/aromatic N) is 4. The molecule has 4 rings (SSSR count). The summed E-state index contributed by atoms with van der Waals surface area (Å²) in [7, 11) is -2.00.